The summed E-state index contributed by atoms with van der Waals surface area (Å²) >= 11 is 3.31. The molecule has 0 radical (unpaired) electrons. The van der Waals surface area contributed by atoms with Crippen molar-refractivity contribution in [2.75, 3.05) is 13.1 Å². The highest BCUT2D eigenvalue weighted by molar-refractivity contribution is 9.10. The molecule has 2 atom stereocenters. The number of nitrogens with zero attached hydrogens (tertiary/aromatic N) is 2. The van der Waals surface area contributed by atoms with E-state index in [0.717, 1.165) is 10.3 Å². The van der Waals surface area contributed by atoms with Crippen LogP contribution >= 0.6 is 15.9 Å². The topological polar surface area (TPSA) is 39.1 Å². The Morgan fingerprint density at radius 2 is 2.32 bits per heavy atom. The predicted molar refractivity (Wildman–Crippen MR) is 73.4 cm³/mol. The molecule has 1 aliphatic heterocycles. The molecule has 0 bridgehead atoms. The molecular weight excluding hydrogens is 313 g/mol. The summed E-state index contributed by atoms with van der Waals surface area (Å²) in [5, 5.41) is 2.97. The molecule has 1 fully saturated rings. The smallest absolute Gasteiger partial charge is 0.150 e. The highest BCUT2D eigenvalue weighted by Crippen LogP contribution is 2.21. The molecule has 0 amide bonds. The number of hydrogen-bond donors (Lipinski definition) is 1. The lowest BCUT2D eigenvalue weighted by molar-refractivity contribution is 0.140. The fourth-order valence-electron chi connectivity index (χ4n) is 2.07. The van der Waals surface area contributed by atoms with E-state index in [-0.39, 0.29) is 0 Å². The molecule has 1 aromatic heterocycles. The summed E-state index contributed by atoms with van der Waals surface area (Å²) < 4.78 is 21.8. The third kappa shape index (κ3) is 2.79. The quantitative estimate of drug-likeness (QED) is 0.941. The van der Waals surface area contributed by atoms with Crippen LogP contribution in [0.5, 0.6) is 5.75 Å². The monoisotopic (exact) mass is 325 g/mol. The Kier molecular flexibility index (Phi) is 3.52. The number of rotatable bonds is 3. The molecule has 0 saturated carbocycles. The molecule has 100 valence electrons. The zero-order valence-electron chi connectivity index (χ0n) is 10.1. The van der Waals surface area contributed by atoms with E-state index in [0.29, 0.717) is 18.8 Å². The van der Waals surface area contributed by atoms with Crippen LogP contribution in [0.25, 0.3) is 5.69 Å². The molecule has 3 rings (SSSR count). The van der Waals surface area contributed by atoms with Crippen molar-refractivity contribution in [3.8, 4) is 11.4 Å². The van der Waals surface area contributed by atoms with Gasteiger partial charge >= 0.3 is 0 Å². The Labute approximate surface area is 118 Å². The molecule has 0 unspecified atom stereocenters. The molecule has 19 heavy (non-hydrogen) atoms. The fourth-order valence-corrected chi connectivity index (χ4v) is 2.38. The zero-order valence-corrected chi connectivity index (χ0v) is 11.7. The number of nitrogens with one attached hydrogen (secondary N) is 1. The summed E-state index contributed by atoms with van der Waals surface area (Å²) in [6, 6.07) is 7.54. The van der Waals surface area contributed by atoms with Gasteiger partial charge in [-0.3, -0.25) is 0 Å². The minimum Gasteiger partial charge on any atom is -0.486 e. The van der Waals surface area contributed by atoms with E-state index >= 15 is 0 Å². The first-order valence-corrected chi connectivity index (χ1v) is 6.83. The van der Waals surface area contributed by atoms with Gasteiger partial charge < -0.3 is 14.6 Å². The lowest BCUT2D eigenvalue weighted by Crippen LogP contribution is -2.26. The van der Waals surface area contributed by atoms with Crippen LogP contribution in [0, 0.1) is 0 Å². The van der Waals surface area contributed by atoms with Gasteiger partial charge in [0.2, 0.25) is 0 Å². The third-order valence-corrected chi connectivity index (χ3v) is 3.45. The number of alkyl halides is 1. The molecule has 1 aliphatic rings. The summed E-state index contributed by atoms with van der Waals surface area (Å²) in [7, 11) is 0. The molecule has 1 N–H and O–H groups in total. The van der Waals surface area contributed by atoms with Crippen molar-refractivity contribution in [2.45, 2.75) is 12.3 Å². The summed E-state index contributed by atoms with van der Waals surface area (Å²) in [6.45, 7) is 0.904. The van der Waals surface area contributed by atoms with E-state index in [1.54, 1.807) is 6.33 Å². The van der Waals surface area contributed by atoms with Gasteiger partial charge in [0.25, 0.3) is 0 Å². The van der Waals surface area contributed by atoms with Crippen molar-refractivity contribution in [3.63, 3.8) is 0 Å². The maximum absolute atomic E-state index is 13.5. The van der Waals surface area contributed by atoms with Crippen LogP contribution in [0.15, 0.2) is 41.4 Å². The van der Waals surface area contributed by atoms with E-state index in [2.05, 4.69) is 26.2 Å². The largest absolute Gasteiger partial charge is 0.486 e. The average molecular weight is 326 g/mol. The summed E-state index contributed by atoms with van der Waals surface area (Å²) in [4.78, 5) is 4.11. The van der Waals surface area contributed by atoms with Crippen LogP contribution in [0.1, 0.15) is 0 Å². The molecule has 1 saturated heterocycles. The molecule has 0 spiro atoms. The second-order valence-corrected chi connectivity index (χ2v) is 5.24. The Hall–Kier alpha value is -1.40. The van der Waals surface area contributed by atoms with Crippen molar-refractivity contribution >= 4 is 15.9 Å². The number of ether oxygens (including phenoxy) is 1. The van der Waals surface area contributed by atoms with Gasteiger partial charge in [0, 0.05) is 25.4 Å². The molecule has 2 heterocycles. The Morgan fingerprint density at radius 3 is 3.00 bits per heavy atom. The van der Waals surface area contributed by atoms with Crippen LogP contribution in [0.2, 0.25) is 0 Å². The minimum absolute atomic E-state index is 0.360. The first-order valence-electron chi connectivity index (χ1n) is 6.04. The van der Waals surface area contributed by atoms with Crippen molar-refractivity contribution in [3.05, 3.63) is 41.4 Å². The van der Waals surface area contributed by atoms with Gasteiger partial charge in [-0.1, -0.05) is 6.07 Å². The maximum atomic E-state index is 13.5. The zero-order chi connectivity index (χ0) is 13.2. The number of benzene rings is 1. The van der Waals surface area contributed by atoms with Crippen LogP contribution in [-0.4, -0.2) is 34.9 Å². The minimum atomic E-state index is -0.953. The highest BCUT2D eigenvalue weighted by Gasteiger charge is 2.28. The molecule has 6 heteroatoms. The van der Waals surface area contributed by atoms with E-state index in [1.807, 2.05) is 35.0 Å². The summed E-state index contributed by atoms with van der Waals surface area (Å²) in [5.74, 6) is 0.665. The van der Waals surface area contributed by atoms with Gasteiger partial charge in [-0.05, 0) is 28.1 Å². The van der Waals surface area contributed by atoms with Gasteiger partial charge in [0.05, 0.1) is 5.69 Å². The molecule has 2 aromatic rings. The summed E-state index contributed by atoms with van der Waals surface area (Å²) in [5.41, 5.74) is 0.928. The number of halogens is 2. The van der Waals surface area contributed by atoms with E-state index in [4.69, 9.17) is 4.74 Å². The van der Waals surface area contributed by atoms with Crippen LogP contribution in [-0.2, 0) is 0 Å². The van der Waals surface area contributed by atoms with Crippen molar-refractivity contribution < 1.29 is 9.13 Å². The first kappa shape index (κ1) is 12.6. The first-order chi connectivity index (χ1) is 9.22. The lowest BCUT2D eigenvalue weighted by Gasteiger charge is -2.15. The lowest BCUT2D eigenvalue weighted by atomic mass is 10.2. The van der Waals surface area contributed by atoms with Crippen LogP contribution in [0.3, 0.4) is 0 Å². The van der Waals surface area contributed by atoms with E-state index < -0.39 is 12.3 Å². The molecule has 0 aliphatic carbocycles. The van der Waals surface area contributed by atoms with Crippen molar-refractivity contribution in [1.82, 2.24) is 14.9 Å². The number of imidazole rings is 1. The van der Waals surface area contributed by atoms with E-state index in [9.17, 15) is 4.39 Å². The SMILES string of the molecule is F[C@H]1CNC[C@H]1Oc1cccc(-n2cnc(Br)c2)c1. The highest BCUT2D eigenvalue weighted by atomic mass is 79.9. The van der Waals surface area contributed by atoms with Gasteiger partial charge in [0.1, 0.15) is 22.8 Å². The van der Waals surface area contributed by atoms with Crippen molar-refractivity contribution in [2.24, 2.45) is 0 Å². The number of hydrogen-bond acceptors (Lipinski definition) is 3. The molecule has 1 aromatic carbocycles. The fraction of sp³-hybridized carbons (Fsp3) is 0.308. The Balaban J connectivity index is 1.80. The second-order valence-electron chi connectivity index (χ2n) is 4.43. The van der Waals surface area contributed by atoms with Gasteiger partial charge in [0.15, 0.2) is 6.17 Å². The number of aromatic nitrogens is 2. The predicted octanol–water partition coefficient (Wildman–Crippen LogP) is 2.32. The van der Waals surface area contributed by atoms with Crippen molar-refractivity contribution in [1.29, 1.82) is 0 Å². The summed E-state index contributed by atoms with van der Waals surface area (Å²) in [6.07, 6.45) is 2.20. The molecular formula is C13H13BrFN3O. The maximum Gasteiger partial charge on any atom is 0.150 e. The second kappa shape index (κ2) is 5.30. The normalized spacial score (nSPS) is 22.6. The third-order valence-electron chi connectivity index (χ3n) is 3.04. The molecule has 4 nitrogen and oxygen atoms in total. The Morgan fingerprint density at radius 1 is 1.42 bits per heavy atom. The Bertz CT molecular complexity index is 575. The van der Waals surface area contributed by atoms with E-state index in [1.165, 1.54) is 0 Å². The van der Waals surface area contributed by atoms with Crippen LogP contribution in [0.4, 0.5) is 4.39 Å². The van der Waals surface area contributed by atoms with Gasteiger partial charge in [-0.15, -0.1) is 0 Å². The standard InChI is InChI=1S/C13H13BrFN3O/c14-13-7-18(8-17-13)9-2-1-3-10(4-9)19-12-6-16-5-11(12)15/h1-4,7-8,11-12,16H,5-6H2/t11-,12+/m0/s1. The average Bonchev–Trinajstić information content (AvgIpc) is 3.00. The van der Waals surface area contributed by atoms with Crippen LogP contribution < -0.4 is 10.1 Å². The van der Waals surface area contributed by atoms with Gasteiger partial charge in [-0.25, -0.2) is 9.37 Å². The van der Waals surface area contributed by atoms with Gasteiger partial charge in [-0.2, -0.15) is 0 Å².